The van der Waals surface area contributed by atoms with Gasteiger partial charge in [0.25, 0.3) is 0 Å². The first-order valence-corrected chi connectivity index (χ1v) is 6.82. The lowest BCUT2D eigenvalue weighted by Crippen LogP contribution is -2.07. The van der Waals surface area contributed by atoms with E-state index in [2.05, 4.69) is 15.9 Å². The van der Waals surface area contributed by atoms with E-state index in [1.807, 2.05) is 6.07 Å². The Balaban J connectivity index is 2.40. The van der Waals surface area contributed by atoms with E-state index in [9.17, 15) is 4.39 Å². The van der Waals surface area contributed by atoms with Crippen molar-refractivity contribution in [3.05, 3.63) is 57.3 Å². The van der Waals surface area contributed by atoms with Gasteiger partial charge in [-0.1, -0.05) is 27.5 Å². The van der Waals surface area contributed by atoms with Gasteiger partial charge in [-0.2, -0.15) is 0 Å². The number of halogens is 3. The van der Waals surface area contributed by atoms with Crippen LogP contribution in [0.2, 0.25) is 5.02 Å². The lowest BCUT2D eigenvalue weighted by molar-refractivity contribution is 0.469. The van der Waals surface area contributed by atoms with Crippen molar-refractivity contribution in [2.24, 2.45) is 5.73 Å². The minimum absolute atomic E-state index is 0.336. The van der Waals surface area contributed by atoms with E-state index < -0.39 is 0 Å². The van der Waals surface area contributed by atoms with Crippen LogP contribution in [0.3, 0.4) is 0 Å². The fourth-order valence-electron chi connectivity index (χ4n) is 1.64. The Morgan fingerprint density at radius 2 is 1.95 bits per heavy atom. The van der Waals surface area contributed by atoms with Crippen molar-refractivity contribution in [1.82, 2.24) is 0 Å². The summed E-state index contributed by atoms with van der Waals surface area (Å²) in [5.74, 6) is 0.640. The van der Waals surface area contributed by atoms with Crippen LogP contribution in [0.4, 0.5) is 4.39 Å². The van der Waals surface area contributed by atoms with Gasteiger partial charge in [-0.15, -0.1) is 0 Å². The number of hydrogen-bond acceptors (Lipinski definition) is 2. The van der Waals surface area contributed by atoms with Crippen molar-refractivity contribution in [1.29, 1.82) is 0 Å². The summed E-state index contributed by atoms with van der Waals surface area (Å²) in [7, 11) is 0. The molecule has 0 saturated heterocycles. The van der Waals surface area contributed by atoms with E-state index >= 15 is 0 Å². The van der Waals surface area contributed by atoms with E-state index in [1.165, 1.54) is 12.1 Å². The van der Waals surface area contributed by atoms with Gasteiger partial charge in [0.15, 0.2) is 0 Å². The highest BCUT2D eigenvalue weighted by Gasteiger charge is 2.12. The molecule has 0 aliphatic carbocycles. The molecule has 2 aromatic rings. The number of rotatable bonds is 3. The average Bonchev–Trinajstić information content (AvgIpc) is 2.35. The van der Waals surface area contributed by atoms with Crippen molar-refractivity contribution >= 4 is 27.5 Å². The molecule has 100 valence electrons. The third kappa shape index (κ3) is 3.47. The molecule has 19 heavy (non-hydrogen) atoms. The van der Waals surface area contributed by atoms with E-state index in [-0.39, 0.29) is 11.9 Å². The molecular formula is C14H12BrClFNO. The summed E-state index contributed by atoms with van der Waals surface area (Å²) in [5, 5.41) is 0.475. The van der Waals surface area contributed by atoms with Crippen LogP contribution in [-0.2, 0) is 0 Å². The molecular weight excluding hydrogens is 333 g/mol. The van der Waals surface area contributed by atoms with Gasteiger partial charge >= 0.3 is 0 Å². The van der Waals surface area contributed by atoms with Gasteiger partial charge in [0.1, 0.15) is 17.3 Å². The molecule has 5 heteroatoms. The normalized spacial score (nSPS) is 12.3. The Labute approximate surface area is 124 Å². The van der Waals surface area contributed by atoms with Crippen molar-refractivity contribution in [2.75, 3.05) is 0 Å². The number of nitrogens with two attached hydrogens (primary N) is 1. The zero-order chi connectivity index (χ0) is 14.0. The Kier molecular flexibility index (Phi) is 4.45. The summed E-state index contributed by atoms with van der Waals surface area (Å²) in [5.41, 5.74) is 6.41. The molecule has 1 atom stereocenters. The molecule has 0 spiro atoms. The quantitative estimate of drug-likeness (QED) is 0.845. The van der Waals surface area contributed by atoms with Crippen LogP contribution >= 0.6 is 27.5 Å². The SMILES string of the molecule is CC(N)c1cc(F)ccc1Oc1cc(Br)ccc1Cl. The Bertz CT molecular complexity index is 604. The topological polar surface area (TPSA) is 35.2 Å². The maximum atomic E-state index is 13.2. The molecule has 1 unspecified atom stereocenters. The maximum Gasteiger partial charge on any atom is 0.147 e. The smallest absolute Gasteiger partial charge is 0.147 e. The Morgan fingerprint density at radius 1 is 1.21 bits per heavy atom. The molecule has 2 nitrogen and oxygen atoms in total. The average molecular weight is 345 g/mol. The first-order chi connectivity index (χ1) is 8.97. The van der Waals surface area contributed by atoms with E-state index in [1.54, 1.807) is 25.1 Å². The zero-order valence-corrected chi connectivity index (χ0v) is 12.5. The molecule has 0 bridgehead atoms. The highest BCUT2D eigenvalue weighted by molar-refractivity contribution is 9.10. The first kappa shape index (κ1) is 14.3. The molecule has 0 fully saturated rings. The second kappa shape index (κ2) is 5.90. The third-order valence-electron chi connectivity index (χ3n) is 2.58. The Hall–Kier alpha value is -1.10. The fourth-order valence-corrected chi connectivity index (χ4v) is 2.14. The van der Waals surface area contributed by atoms with Gasteiger partial charge in [-0.25, -0.2) is 4.39 Å². The summed E-state index contributed by atoms with van der Waals surface area (Å²) >= 11 is 9.40. The first-order valence-electron chi connectivity index (χ1n) is 5.65. The van der Waals surface area contributed by atoms with E-state index in [0.29, 0.717) is 22.1 Å². The van der Waals surface area contributed by atoms with E-state index in [0.717, 1.165) is 4.47 Å². The number of ether oxygens (including phenoxy) is 1. The molecule has 2 aromatic carbocycles. The van der Waals surface area contributed by atoms with Crippen LogP contribution in [0.15, 0.2) is 40.9 Å². The zero-order valence-electron chi connectivity index (χ0n) is 10.2. The second-order valence-electron chi connectivity index (χ2n) is 4.15. The van der Waals surface area contributed by atoms with Crippen LogP contribution in [0.1, 0.15) is 18.5 Å². The monoisotopic (exact) mass is 343 g/mol. The van der Waals surface area contributed by atoms with Crippen molar-refractivity contribution in [2.45, 2.75) is 13.0 Å². The minimum atomic E-state index is -0.347. The van der Waals surface area contributed by atoms with Gasteiger partial charge in [0, 0.05) is 16.1 Å². The standard InChI is InChI=1S/C14H12BrClFNO/c1-8(18)11-7-10(17)3-5-13(11)19-14-6-9(15)2-4-12(14)16/h2-8H,18H2,1H3. The molecule has 0 aromatic heterocycles. The van der Waals surface area contributed by atoms with Crippen molar-refractivity contribution < 1.29 is 9.13 Å². The largest absolute Gasteiger partial charge is 0.455 e. The van der Waals surface area contributed by atoms with Crippen LogP contribution in [-0.4, -0.2) is 0 Å². The van der Waals surface area contributed by atoms with Gasteiger partial charge in [-0.05, 0) is 43.3 Å². The third-order valence-corrected chi connectivity index (χ3v) is 3.38. The van der Waals surface area contributed by atoms with Gasteiger partial charge in [0.2, 0.25) is 0 Å². The molecule has 2 N–H and O–H groups in total. The molecule has 0 aliphatic rings. The van der Waals surface area contributed by atoms with Crippen LogP contribution in [0.5, 0.6) is 11.5 Å². The highest BCUT2D eigenvalue weighted by atomic mass is 79.9. The summed E-state index contributed by atoms with van der Waals surface area (Å²) in [4.78, 5) is 0. The number of hydrogen-bond donors (Lipinski definition) is 1. The second-order valence-corrected chi connectivity index (χ2v) is 5.47. The van der Waals surface area contributed by atoms with E-state index in [4.69, 9.17) is 22.1 Å². The molecule has 0 radical (unpaired) electrons. The van der Waals surface area contributed by atoms with Gasteiger partial charge < -0.3 is 10.5 Å². The van der Waals surface area contributed by atoms with Crippen LogP contribution in [0, 0.1) is 5.82 Å². The highest BCUT2D eigenvalue weighted by Crippen LogP contribution is 2.35. The maximum absolute atomic E-state index is 13.2. The predicted octanol–water partition coefficient (Wildman–Crippen LogP) is 5.05. The molecule has 0 amide bonds. The lowest BCUT2D eigenvalue weighted by Gasteiger charge is -2.14. The Morgan fingerprint density at radius 3 is 2.63 bits per heavy atom. The fraction of sp³-hybridized carbons (Fsp3) is 0.143. The summed E-state index contributed by atoms with van der Waals surface area (Å²) in [6, 6.07) is 9.18. The molecule has 2 rings (SSSR count). The lowest BCUT2D eigenvalue weighted by atomic mass is 10.1. The van der Waals surface area contributed by atoms with Crippen LogP contribution < -0.4 is 10.5 Å². The minimum Gasteiger partial charge on any atom is -0.455 e. The summed E-state index contributed by atoms with van der Waals surface area (Å²) in [6.45, 7) is 1.77. The van der Waals surface area contributed by atoms with Gasteiger partial charge in [0.05, 0.1) is 5.02 Å². The molecule has 0 heterocycles. The molecule has 0 aliphatic heterocycles. The number of benzene rings is 2. The van der Waals surface area contributed by atoms with Crippen molar-refractivity contribution in [3.63, 3.8) is 0 Å². The van der Waals surface area contributed by atoms with Crippen molar-refractivity contribution in [3.8, 4) is 11.5 Å². The van der Waals surface area contributed by atoms with Gasteiger partial charge in [-0.3, -0.25) is 0 Å². The summed E-state index contributed by atoms with van der Waals surface area (Å²) < 4.78 is 19.8. The van der Waals surface area contributed by atoms with Crippen LogP contribution in [0.25, 0.3) is 0 Å². The summed E-state index contributed by atoms with van der Waals surface area (Å²) in [6.07, 6.45) is 0. The predicted molar refractivity (Wildman–Crippen MR) is 78.2 cm³/mol. The molecule has 0 saturated carbocycles.